The molecule has 2 aromatic rings. The number of para-hydroxylation sites is 1. The van der Waals surface area contributed by atoms with Gasteiger partial charge in [-0.1, -0.05) is 25.1 Å². The van der Waals surface area contributed by atoms with E-state index in [9.17, 15) is 14.9 Å². The van der Waals surface area contributed by atoms with E-state index >= 15 is 0 Å². The van der Waals surface area contributed by atoms with Crippen LogP contribution in [0.2, 0.25) is 0 Å². The molecule has 0 aliphatic rings. The molecule has 0 atom stereocenters. The van der Waals surface area contributed by atoms with Gasteiger partial charge >= 0.3 is 0 Å². The van der Waals surface area contributed by atoms with Crippen molar-refractivity contribution in [3.8, 4) is 6.07 Å². The van der Waals surface area contributed by atoms with Crippen LogP contribution >= 0.6 is 11.3 Å². The van der Waals surface area contributed by atoms with Crippen molar-refractivity contribution in [1.29, 1.82) is 5.26 Å². The van der Waals surface area contributed by atoms with E-state index in [-0.39, 0.29) is 24.9 Å². The first-order valence-corrected chi connectivity index (χ1v) is 9.53. The van der Waals surface area contributed by atoms with E-state index in [1.807, 2.05) is 45.0 Å². The molecular weight excluding hydrogens is 360 g/mol. The molecule has 0 spiro atoms. The van der Waals surface area contributed by atoms with Gasteiger partial charge in [-0.05, 0) is 44.5 Å². The Bertz CT molecular complexity index is 883. The zero-order chi connectivity index (χ0) is 20.0. The first-order chi connectivity index (χ1) is 12.8. The van der Waals surface area contributed by atoms with E-state index in [4.69, 9.17) is 0 Å². The number of nitrogens with zero attached hydrogens (tertiary/aromatic N) is 2. The molecule has 2 amide bonds. The van der Waals surface area contributed by atoms with E-state index in [2.05, 4.69) is 16.7 Å². The van der Waals surface area contributed by atoms with Crippen LogP contribution in [-0.4, -0.2) is 36.9 Å². The number of hydrogen-bond acceptors (Lipinski definition) is 5. The molecule has 2 N–H and O–H groups in total. The summed E-state index contributed by atoms with van der Waals surface area (Å²) >= 11 is 1.39. The first-order valence-electron chi connectivity index (χ1n) is 8.71. The second kappa shape index (κ2) is 9.31. The quantitative estimate of drug-likeness (QED) is 0.767. The molecule has 7 heteroatoms. The summed E-state index contributed by atoms with van der Waals surface area (Å²) < 4.78 is 0. The van der Waals surface area contributed by atoms with E-state index in [1.165, 1.54) is 11.3 Å². The van der Waals surface area contributed by atoms with Crippen LogP contribution in [-0.2, 0) is 16.0 Å². The minimum Gasteiger partial charge on any atom is -0.325 e. The molecular formula is C20H24N4O2S. The molecule has 0 aliphatic carbocycles. The Hall–Kier alpha value is -2.69. The molecule has 0 bridgehead atoms. The van der Waals surface area contributed by atoms with Gasteiger partial charge in [0.15, 0.2) is 0 Å². The lowest BCUT2D eigenvalue weighted by Crippen LogP contribution is -2.36. The van der Waals surface area contributed by atoms with Gasteiger partial charge in [0.05, 0.1) is 18.7 Å². The molecule has 142 valence electrons. The summed E-state index contributed by atoms with van der Waals surface area (Å²) in [6.07, 6.45) is 0.829. The number of carbonyl (C=O) groups is 2. The van der Waals surface area contributed by atoms with E-state index < -0.39 is 0 Å². The van der Waals surface area contributed by atoms with Gasteiger partial charge in [0.2, 0.25) is 11.8 Å². The van der Waals surface area contributed by atoms with Crippen LogP contribution in [0.4, 0.5) is 10.7 Å². The van der Waals surface area contributed by atoms with Crippen molar-refractivity contribution < 1.29 is 9.59 Å². The maximum Gasteiger partial charge on any atom is 0.239 e. The van der Waals surface area contributed by atoms with E-state index in [0.717, 1.165) is 28.1 Å². The molecule has 0 saturated carbocycles. The van der Waals surface area contributed by atoms with E-state index in [1.54, 1.807) is 11.9 Å². The van der Waals surface area contributed by atoms with Crippen LogP contribution < -0.4 is 10.6 Å². The molecule has 1 aromatic carbocycles. The Morgan fingerprint density at radius 3 is 2.41 bits per heavy atom. The largest absolute Gasteiger partial charge is 0.325 e. The zero-order valence-electron chi connectivity index (χ0n) is 16.0. The van der Waals surface area contributed by atoms with Crippen molar-refractivity contribution >= 4 is 33.8 Å². The normalized spacial score (nSPS) is 10.5. The molecule has 6 nitrogen and oxygen atoms in total. The summed E-state index contributed by atoms with van der Waals surface area (Å²) in [5.74, 6) is -0.427. The number of amides is 2. The summed E-state index contributed by atoms with van der Waals surface area (Å²) in [6.45, 7) is 5.97. The molecule has 0 fully saturated rings. The molecule has 0 unspecified atom stereocenters. The van der Waals surface area contributed by atoms with Crippen molar-refractivity contribution in [1.82, 2.24) is 4.90 Å². The fourth-order valence-corrected chi connectivity index (χ4v) is 3.73. The van der Waals surface area contributed by atoms with Gasteiger partial charge in [-0.15, -0.1) is 11.3 Å². The standard InChI is InChI=1S/C20H24N4O2S/c1-5-15-8-6-7-9-17(15)22-18(25)11-24(4)12-19(26)23-20-16(10-21)13(2)14(3)27-20/h6-9H,5,11-12H2,1-4H3,(H,22,25)(H,23,26). The minimum absolute atomic E-state index is 0.0592. The van der Waals surface area contributed by atoms with Crippen molar-refractivity contribution in [3.63, 3.8) is 0 Å². The van der Waals surface area contributed by atoms with Gasteiger partial charge in [0.1, 0.15) is 11.1 Å². The summed E-state index contributed by atoms with van der Waals surface area (Å²) in [6, 6.07) is 9.80. The Balaban J connectivity index is 1.90. The van der Waals surface area contributed by atoms with Crippen LogP contribution in [0.1, 0.15) is 28.5 Å². The topological polar surface area (TPSA) is 85.2 Å². The summed E-state index contributed by atoms with van der Waals surface area (Å²) in [5.41, 5.74) is 3.26. The highest BCUT2D eigenvalue weighted by atomic mass is 32.1. The molecule has 2 rings (SSSR count). The lowest BCUT2D eigenvalue weighted by atomic mass is 10.1. The Morgan fingerprint density at radius 2 is 1.78 bits per heavy atom. The monoisotopic (exact) mass is 384 g/mol. The number of anilines is 2. The lowest BCUT2D eigenvalue weighted by molar-refractivity contribution is -0.119. The second-order valence-electron chi connectivity index (χ2n) is 6.38. The van der Waals surface area contributed by atoms with Crippen LogP contribution in [0, 0.1) is 25.2 Å². The van der Waals surface area contributed by atoms with Gasteiger partial charge in [-0.3, -0.25) is 14.5 Å². The Morgan fingerprint density at radius 1 is 1.15 bits per heavy atom. The highest BCUT2D eigenvalue weighted by Gasteiger charge is 2.16. The van der Waals surface area contributed by atoms with Crippen molar-refractivity contribution in [2.75, 3.05) is 30.8 Å². The smallest absolute Gasteiger partial charge is 0.239 e. The number of rotatable bonds is 7. The predicted molar refractivity (Wildman–Crippen MR) is 109 cm³/mol. The number of benzene rings is 1. The highest BCUT2D eigenvalue weighted by Crippen LogP contribution is 2.31. The first kappa shape index (κ1) is 20.6. The fourth-order valence-electron chi connectivity index (χ4n) is 2.70. The summed E-state index contributed by atoms with van der Waals surface area (Å²) in [4.78, 5) is 27.2. The summed E-state index contributed by atoms with van der Waals surface area (Å²) in [7, 11) is 1.71. The highest BCUT2D eigenvalue weighted by molar-refractivity contribution is 7.16. The van der Waals surface area contributed by atoms with Gasteiger partial charge in [-0.25, -0.2) is 0 Å². The Kier molecular flexibility index (Phi) is 7.11. The lowest BCUT2D eigenvalue weighted by Gasteiger charge is -2.16. The van der Waals surface area contributed by atoms with Crippen molar-refractivity contribution in [3.05, 3.63) is 45.8 Å². The molecule has 0 aliphatic heterocycles. The van der Waals surface area contributed by atoms with Crippen LogP contribution in [0.25, 0.3) is 0 Å². The molecule has 1 aromatic heterocycles. The van der Waals surface area contributed by atoms with Gasteiger partial charge in [0.25, 0.3) is 0 Å². The van der Waals surface area contributed by atoms with Crippen molar-refractivity contribution in [2.45, 2.75) is 27.2 Å². The molecule has 0 radical (unpaired) electrons. The van der Waals surface area contributed by atoms with Gasteiger partial charge < -0.3 is 10.6 Å². The average Bonchev–Trinajstić information content (AvgIpc) is 2.87. The minimum atomic E-state index is -0.253. The average molecular weight is 385 g/mol. The zero-order valence-corrected chi connectivity index (χ0v) is 16.9. The third-order valence-corrected chi connectivity index (χ3v) is 5.37. The van der Waals surface area contributed by atoms with Crippen molar-refractivity contribution in [2.24, 2.45) is 0 Å². The number of aryl methyl sites for hydroxylation is 2. The van der Waals surface area contributed by atoms with Gasteiger partial charge in [0, 0.05) is 10.6 Å². The molecule has 0 saturated heterocycles. The third-order valence-electron chi connectivity index (χ3n) is 4.25. The number of nitriles is 1. The van der Waals surface area contributed by atoms with Gasteiger partial charge in [-0.2, -0.15) is 5.26 Å². The fraction of sp³-hybridized carbons (Fsp3) is 0.350. The maximum absolute atomic E-state index is 12.3. The molecule has 27 heavy (non-hydrogen) atoms. The second-order valence-corrected chi connectivity index (χ2v) is 7.60. The number of carbonyl (C=O) groups excluding carboxylic acids is 2. The van der Waals surface area contributed by atoms with E-state index in [0.29, 0.717) is 10.6 Å². The maximum atomic E-state index is 12.3. The third kappa shape index (κ3) is 5.39. The summed E-state index contributed by atoms with van der Waals surface area (Å²) in [5, 5.41) is 15.5. The SMILES string of the molecule is CCc1ccccc1NC(=O)CN(C)CC(=O)Nc1sc(C)c(C)c1C#N. The molecule has 1 heterocycles. The number of nitrogens with one attached hydrogen (secondary N) is 2. The number of likely N-dealkylation sites (N-methyl/N-ethyl adjacent to an activating group) is 1. The van der Waals surface area contributed by atoms with Crippen LogP contribution in [0.5, 0.6) is 0 Å². The Labute approximate surface area is 163 Å². The number of thiophene rings is 1. The van der Waals surface area contributed by atoms with Crippen LogP contribution in [0.15, 0.2) is 24.3 Å². The predicted octanol–water partition coefficient (Wildman–Crippen LogP) is 3.31. The van der Waals surface area contributed by atoms with Crippen LogP contribution in [0.3, 0.4) is 0 Å². The number of hydrogen-bond donors (Lipinski definition) is 2.